The molecule has 0 aliphatic heterocycles. The summed E-state index contributed by atoms with van der Waals surface area (Å²) >= 11 is 0. The number of sulfonamides is 1. The van der Waals surface area contributed by atoms with Crippen molar-refractivity contribution < 1.29 is 13.2 Å². The number of nitrogens with one attached hydrogen (secondary N) is 2. The zero-order valence-corrected chi connectivity index (χ0v) is 17.3. The minimum absolute atomic E-state index is 0.138. The highest BCUT2D eigenvalue weighted by Gasteiger charge is 2.20. The predicted molar refractivity (Wildman–Crippen MR) is 112 cm³/mol. The van der Waals surface area contributed by atoms with Gasteiger partial charge < -0.3 is 5.32 Å². The van der Waals surface area contributed by atoms with Gasteiger partial charge in [0.1, 0.15) is 0 Å². The van der Waals surface area contributed by atoms with Crippen LogP contribution in [0.2, 0.25) is 0 Å². The lowest BCUT2D eigenvalue weighted by molar-refractivity contribution is 0.0933. The summed E-state index contributed by atoms with van der Waals surface area (Å²) in [6.07, 6.45) is 6.74. The number of benzene rings is 2. The Morgan fingerprint density at radius 1 is 0.929 bits per heavy atom. The van der Waals surface area contributed by atoms with Crippen LogP contribution in [-0.4, -0.2) is 20.4 Å². The molecule has 1 aliphatic carbocycles. The van der Waals surface area contributed by atoms with Gasteiger partial charge in [-0.1, -0.05) is 49.4 Å². The first kappa shape index (κ1) is 20.4. The standard InChI is InChI=1S/C22H28N2O3S/c1-16-12-14-19(15-13-16)28(26,27)24-21-11-7-10-20(17(21)2)22(25)23-18-8-5-3-4-6-9-18/h7,10-15,18,24H,3-6,8-9H2,1-2H3,(H,23,25). The van der Waals surface area contributed by atoms with Crippen LogP contribution in [0, 0.1) is 13.8 Å². The van der Waals surface area contributed by atoms with E-state index in [-0.39, 0.29) is 16.8 Å². The van der Waals surface area contributed by atoms with E-state index in [1.165, 1.54) is 12.8 Å². The molecule has 3 rings (SSSR count). The van der Waals surface area contributed by atoms with Gasteiger partial charge in [-0.2, -0.15) is 0 Å². The molecule has 2 aromatic rings. The molecule has 0 aromatic heterocycles. The number of anilines is 1. The fraction of sp³-hybridized carbons (Fsp3) is 0.409. The van der Waals surface area contributed by atoms with Gasteiger partial charge in [0.25, 0.3) is 15.9 Å². The highest BCUT2D eigenvalue weighted by molar-refractivity contribution is 7.92. The maximum atomic E-state index is 12.8. The van der Waals surface area contributed by atoms with E-state index >= 15 is 0 Å². The van der Waals surface area contributed by atoms with E-state index in [0.29, 0.717) is 16.8 Å². The third-order valence-electron chi connectivity index (χ3n) is 5.34. The molecule has 2 N–H and O–H groups in total. The molecule has 1 saturated carbocycles. The van der Waals surface area contributed by atoms with Crippen molar-refractivity contribution in [3.8, 4) is 0 Å². The van der Waals surface area contributed by atoms with E-state index in [9.17, 15) is 13.2 Å². The van der Waals surface area contributed by atoms with Crippen LogP contribution in [-0.2, 0) is 10.0 Å². The monoisotopic (exact) mass is 400 g/mol. The lowest BCUT2D eigenvalue weighted by Crippen LogP contribution is -2.34. The van der Waals surface area contributed by atoms with Crippen molar-refractivity contribution in [2.45, 2.75) is 63.3 Å². The summed E-state index contributed by atoms with van der Waals surface area (Å²) in [7, 11) is -3.71. The molecular formula is C22H28N2O3S. The van der Waals surface area contributed by atoms with Gasteiger partial charge in [0.15, 0.2) is 0 Å². The van der Waals surface area contributed by atoms with Gasteiger partial charge in [-0.3, -0.25) is 9.52 Å². The minimum atomic E-state index is -3.71. The van der Waals surface area contributed by atoms with Gasteiger partial charge >= 0.3 is 0 Å². The Hall–Kier alpha value is -2.34. The van der Waals surface area contributed by atoms with Gasteiger partial charge in [0, 0.05) is 11.6 Å². The number of carbonyl (C=O) groups excluding carboxylic acids is 1. The van der Waals surface area contributed by atoms with Crippen molar-refractivity contribution in [1.29, 1.82) is 0 Å². The van der Waals surface area contributed by atoms with E-state index < -0.39 is 10.0 Å². The topological polar surface area (TPSA) is 75.3 Å². The Morgan fingerprint density at radius 2 is 1.57 bits per heavy atom. The van der Waals surface area contributed by atoms with Crippen LogP contribution in [0.5, 0.6) is 0 Å². The third-order valence-corrected chi connectivity index (χ3v) is 6.73. The molecule has 1 fully saturated rings. The SMILES string of the molecule is Cc1ccc(S(=O)(=O)Nc2cccc(C(=O)NC3CCCCCC3)c2C)cc1. The molecule has 1 aliphatic rings. The number of aryl methyl sites for hydroxylation is 1. The van der Waals surface area contributed by atoms with Crippen LogP contribution in [0.15, 0.2) is 47.4 Å². The van der Waals surface area contributed by atoms with Gasteiger partial charge in [0.05, 0.1) is 10.6 Å². The number of hydrogen-bond donors (Lipinski definition) is 2. The normalized spacial score (nSPS) is 15.6. The average Bonchev–Trinajstić information content (AvgIpc) is 2.92. The van der Waals surface area contributed by atoms with Crippen molar-refractivity contribution in [3.05, 3.63) is 59.2 Å². The predicted octanol–water partition coefficient (Wildman–Crippen LogP) is 4.56. The van der Waals surface area contributed by atoms with Crippen LogP contribution in [0.1, 0.15) is 60.0 Å². The number of rotatable bonds is 5. The zero-order chi connectivity index (χ0) is 20.1. The minimum Gasteiger partial charge on any atom is -0.349 e. The van der Waals surface area contributed by atoms with Gasteiger partial charge in [-0.25, -0.2) is 8.42 Å². The molecule has 0 bridgehead atoms. The lowest BCUT2D eigenvalue weighted by Gasteiger charge is -2.18. The molecule has 5 nitrogen and oxygen atoms in total. The van der Waals surface area contributed by atoms with Crippen molar-refractivity contribution in [2.24, 2.45) is 0 Å². The maximum Gasteiger partial charge on any atom is 0.261 e. The Labute approximate surface area is 167 Å². The molecule has 0 spiro atoms. The molecule has 150 valence electrons. The second-order valence-electron chi connectivity index (χ2n) is 7.56. The molecule has 2 aromatic carbocycles. The van der Waals surface area contributed by atoms with Crippen LogP contribution in [0.25, 0.3) is 0 Å². The van der Waals surface area contributed by atoms with Crippen LogP contribution >= 0.6 is 0 Å². The Morgan fingerprint density at radius 3 is 2.21 bits per heavy atom. The lowest BCUT2D eigenvalue weighted by atomic mass is 10.0. The summed E-state index contributed by atoms with van der Waals surface area (Å²) in [6.45, 7) is 3.68. The van der Waals surface area contributed by atoms with E-state index in [1.54, 1.807) is 49.4 Å². The average molecular weight is 401 g/mol. The first-order chi connectivity index (χ1) is 13.4. The number of amides is 1. The highest BCUT2D eigenvalue weighted by atomic mass is 32.2. The molecule has 0 atom stereocenters. The van der Waals surface area contributed by atoms with E-state index in [2.05, 4.69) is 10.0 Å². The Balaban J connectivity index is 1.78. The Kier molecular flexibility index (Phi) is 6.39. The van der Waals surface area contributed by atoms with Crippen molar-refractivity contribution in [1.82, 2.24) is 5.32 Å². The molecule has 6 heteroatoms. The quantitative estimate of drug-likeness (QED) is 0.723. The summed E-state index contributed by atoms with van der Waals surface area (Å²) in [6, 6.07) is 12.0. The zero-order valence-electron chi connectivity index (χ0n) is 16.5. The van der Waals surface area contributed by atoms with Crippen LogP contribution in [0.3, 0.4) is 0 Å². The summed E-state index contributed by atoms with van der Waals surface area (Å²) in [5, 5.41) is 3.13. The summed E-state index contributed by atoms with van der Waals surface area (Å²) in [4.78, 5) is 13.0. The van der Waals surface area contributed by atoms with E-state index in [4.69, 9.17) is 0 Å². The number of hydrogen-bond acceptors (Lipinski definition) is 3. The maximum absolute atomic E-state index is 12.8. The van der Waals surface area contributed by atoms with Crippen molar-refractivity contribution >= 4 is 21.6 Å². The smallest absolute Gasteiger partial charge is 0.261 e. The van der Waals surface area contributed by atoms with Crippen molar-refractivity contribution in [2.75, 3.05) is 4.72 Å². The van der Waals surface area contributed by atoms with Crippen LogP contribution in [0.4, 0.5) is 5.69 Å². The highest BCUT2D eigenvalue weighted by Crippen LogP contribution is 2.24. The third kappa shape index (κ3) is 4.93. The summed E-state index contributed by atoms with van der Waals surface area (Å²) in [5.74, 6) is -0.138. The molecule has 0 saturated heterocycles. The molecule has 1 amide bonds. The first-order valence-corrected chi connectivity index (χ1v) is 11.3. The molecular weight excluding hydrogens is 372 g/mol. The fourth-order valence-corrected chi connectivity index (χ4v) is 4.72. The van der Waals surface area contributed by atoms with E-state index in [1.807, 2.05) is 6.92 Å². The summed E-state index contributed by atoms with van der Waals surface area (Å²) < 4.78 is 28.0. The second kappa shape index (κ2) is 8.78. The largest absolute Gasteiger partial charge is 0.349 e. The fourth-order valence-electron chi connectivity index (χ4n) is 3.60. The van der Waals surface area contributed by atoms with Crippen molar-refractivity contribution in [3.63, 3.8) is 0 Å². The van der Waals surface area contributed by atoms with Crippen LogP contribution < -0.4 is 10.0 Å². The molecule has 0 heterocycles. The van der Waals surface area contributed by atoms with E-state index in [0.717, 1.165) is 31.2 Å². The molecule has 28 heavy (non-hydrogen) atoms. The second-order valence-corrected chi connectivity index (χ2v) is 9.24. The summed E-state index contributed by atoms with van der Waals surface area (Å²) in [5.41, 5.74) is 2.55. The Bertz CT molecular complexity index is 929. The van der Waals surface area contributed by atoms with Gasteiger partial charge in [0.2, 0.25) is 0 Å². The van der Waals surface area contributed by atoms with Gasteiger partial charge in [-0.05, 0) is 56.5 Å². The molecule has 0 unspecified atom stereocenters. The first-order valence-electron chi connectivity index (χ1n) is 9.87. The number of carbonyl (C=O) groups is 1. The molecule has 0 radical (unpaired) electrons. The van der Waals surface area contributed by atoms with Gasteiger partial charge in [-0.15, -0.1) is 0 Å².